The molecule has 1 aromatic carbocycles. The SMILES string of the molecule is NCC=Cc1cccc(C(=O)C(F)(F)F)c1. The number of ketones is 1. The smallest absolute Gasteiger partial charge is 0.327 e. The maximum Gasteiger partial charge on any atom is 0.454 e. The van der Waals surface area contributed by atoms with Gasteiger partial charge in [0.25, 0.3) is 5.78 Å². The lowest BCUT2D eigenvalue weighted by molar-refractivity contribution is -0.0885. The van der Waals surface area contributed by atoms with E-state index >= 15 is 0 Å². The lowest BCUT2D eigenvalue weighted by Gasteiger charge is -2.05. The Kier molecular flexibility index (Phi) is 3.84. The Morgan fingerprint density at radius 3 is 2.62 bits per heavy atom. The van der Waals surface area contributed by atoms with Crippen molar-refractivity contribution in [1.82, 2.24) is 0 Å². The van der Waals surface area contributed by atoms with Crippen LogP contribution >= 0.6 is 0 Å². The molecule has 0 aromatic heterocycles. The van der Waals surface area contributed by atoms with Crippen molar-refractivity contribution < 1.29 is 18.0 Å². The first-order valence-electron chi connectivity index (χ1n) is 4.53. The molecule has 0 heterocycles. The monoisotopic (exact) mass is 229 g/mol. The maximum absolute atomic E-state index is 12.1. The molecule has 0 saturated carbocycles. The van der Waals surface area contributed by atoms with E-state index in [-0.39, 0.29) is 12.1 Å². The largest absolute Gasteiger partial charge is 0.454 e. The Morgan fingerprint density at radius 2 is 2.06 bits per heavy atom. The Morgan fingerprint density at radius 1 is 1.38 bits per heavy atom. The number of Topliss-reactive ketones (excluding diaryl/α,β-unsaturated/α-hetero) is 1. The molecular weight excluding hydrogens is 219 g/mol. The lowest BCUT2D eigenvalue weighted by Crippen LogP contribution is -2.22. The quantitative estimate of drug-likeness (QED) is 0.809. The first-order valence-corrected chi connectivity index (χ1v) is 4.53. The van der Waals surface area contributed by atoms with Gasteiger partial charge in [-0.05, 0) is 11.6 Å². The Hall–Kier alpha value is -1.62. The lowest BCUT2D eigenvalue weighted by atomic mass is 10.1. The highest BCUT2D eigenvalue weighted by Crippen LogP contribution is 2.22. The minimum Gasteiger partial charge on any atom is -0.327 e. The van der Waals surface area contributed by atoms with Crippen LogP contribution in [0.3, 0.4) is 0 Å². The van der Waals surface area contributed by atoms with Gasteiger partial charge in [0.05, 0.1) is 0 Å². The molecule has 16 heavy (non-hydrogen) atoms. The average molecular weight is 229 g/mol. The predicted octanol–water partition coefficient (Wildman–Crippen LogP) is 2.40. The molecule has 1 aromatic rings. The molecule has 86 valence electrons. The van der Waals surface area contributed by atoms with Crippen LogP contribution in [0.5, 0.6) is 0 Å². The number of hydrogen-bond donors (Lipinski definition) is 1. The Labute approximate surface area is 90.6 Å². The van der Waals surface area contributed by atoms with Crippen LogP contribution in [0.1, 0.15) is 15.9 Å². The van der Waals surface area contributed by atoms with Crippen LogP contribution in [0.15, 0.2) is 30.3 Å². The fourth-order valence-electron chi connectivity index (χ4n) is 1.15. The van der Waals surface area contributed by atoms with Gasteiger partial charge in [-0.1, -0.05) is 30.4 Å². The number of halogens is 3. The van der Waals surface area contributed by atoms with Gasteiger partial charge in [-0.3, -0.25) is 4.79 Å². The highest BCUT2D eigenvalue weighted by atomic mass is 19.4. The van der Waals surface area contributed by atoms with E-state index in [9.17, 15) is 18.0 Å². The van der Waals surface area contributed by atoms with Gasteiger partial charge in [0.2, 0.25) is 0 Å². The van der Waals surface area contributed by atoms with Crippen molar-refractivity contribution in [2.45, 2.75) is 6.18 Å². The van der Waals surface area contributed by atoms with Crippen molar-refractivity contribution in [2.24, 2.45) is 5.73 Å². The third-order valence-corrected chi connectivity index (χ3v) is 1.85. The molecular formula is C11H10F3NO. The highest BCUT2D eigenvalue weighted by molar-refractivity contribution is 6.00. The summed E-state index contributed by atoms with van der Waals surface area (Å²) in [7, 11) is 0. The zero-order chi connectivity index (χ0) is 12.2. The molecule has 0 amide bonds. The summed E-state index contributed by atoms with van der Waals surface area (Å²) in [6.45, 7) is 0.289. The van der Waals surface area contributed by atoms with E-state index < -0.39 is 12.0 Å². The van der Waals surface area contributed by atoms with Crippen LogP contribution in [-0.4, -0.2) is 18.5 Å². The van der Waals surface area contributed by atoms with Gasteiger partial charge in [-0.25, -0.2) is 0 Å². The topological polar surface area (TPSA) is 43.1 Å². The van der Waals surface area contributed by atoms with Crippen LogP contribution in [0.25, 0.3) is 6.08 Å². The van der Waals surface area contributed by atoms with Gasteiger partial charge >= 0.3 is 6.18 Å². The molecule has 1 rings (SSSR count). The second-order valence-electron chi connectivity index (χ2n) is 3.09. The second-order valence-corrected chi connectivity index (χ2v) is 3.09. The van der Waals surface area contributed by atoms with E-state index in [0.29, 0.717) is 5.56 Å². The van der Waals surface area contributed by atoms with Crippen molar-refractivity contribution in [3.63, 3.8) is 0 Å². The van der Waals surface area contributed by atoms with Crippen LogP contribution in [0.2, 0.25) is 0 Å². The molecule has 0 aliphatic rings. The zero-order valence-corrected chi connectivity index (χ0v) is 8.29. The van der Waals surface area contributed by atoms with Gasteiger partial charge < -0.3 is 5.73 Å². The van der Waals surface area contributed by atoms with Gasteiger partial charge in [0.15, 0.2) is 0 Å². The van der Waals surface area contributed by atoms with Gasteiger partial charge in [-0.2, -0.15) is 13.2 Å². The minimum absolute atomic E-state index is 0.289. The summed E-state index contributed by atoms with van der Waals surface area (Å²) in [5, 5.41) is 0. The van der Waals surface area contributed by atoms with E-state index in [4.69, 9.17) is 5.73 Å². The first kappa shape index (κ1) is 12.4. The van der Waals surface area contributed by atoms with Gasteiger partial charge in [-0.15, -0.1) is 0 Å². The number of carbonyl (C=O) groups is 1. The van der Waals surface area contributed by atoms with E-state index in [1.807, 2.05) is 0 Å². The third-order valence-electron chi connectivity index (χ3n) is 1.85. The average Bonchev–Trinajstić information content (AvgIpc) is 2.24. The van der Waals surface area contributed by atoms with Crippen molar-refractivity contribution in [3.8, 4) is 0 Å². The number of benzene rings is 1. The molecule has 2 nitrogen and oxygen atoms in total. The van der Waals surface area contributed by atoms with Crippen LogP contribution in [0.4, 0.5) is 13.2 Å². The summed E-state index contributed by atoms with van der Waals surface area (Å²) in [5.41, 5.74) is 5.36. The summed E-state index contributed by atoms with van der Waals surface area (Å²) in [6, 6.07) is 5.31. The first-order chi connectivity index (χ1) is 7.45. The molecule has 0 fully saturated rings. The fraction of sp³-hybridized carbons (Fsp3) is 0.182. The summed E-state index contributed by atoms with van der Waals surface area (Å²) in [5.74, 6) is -1.84. The fourth-order valence-corrected chi connectivity index (χ4v) is 1.15. The molecule has 5 heteroatoms. The molecule has 0 unspecified atom stereocenters. The number of nitrogens with two attached hydrogens (primary N) is 1. The minimum atomic E-state index is -4.84. The summed E-state index contributed by atoms with van der Waals surface area (Å²) >= 11 is 0. The molecule has 0 aliphatic carbocycles. The predicted molar refractivity (Wildman–Crippen MR) is 54.9 cm³/mol. The van der Waals surface area contributed by atoms with E-state index in [2.05, 4.69) is 0 Å². The Balaban J connectivity index is 2.99. The maximum atomic E-state index is 12.1. The molecule has 0 aliphatic heterocycles. The van der Waals surface area contributed by atoms with Gasteiger partial charge in [0.1, 0.15) is 0 Å². The van der Waals surface area contributed by atoms with Crippen molar-refractivity contribution >= 4 is 11.9 Å². The van der Waals surface area contributed by atoms with Crippen LogP contribution < -0.4 is 5.73 Å². The van der Waals surface area contributed by atoms with Crippen molar-refractivity contribution in [2.75, 3.05) is 6.54 Å². The van der Waals surface area contributed by atoms with Crippen molar-refractivity contribution in [3.05, 3.63) is 41.5 Å². The standard InChI is InChI=1S/C11H10F3NO/c12-11(13,14)10(16)9-5-1-3-8(7-9)4-2-6-15/h1-5,7H,6,15H2. The third kappa shape index (κ3) is 3.20. The summed E-state index contributed by atoms with van der Waals surface area (Å²) in [6.07, 6.45) is -1.68. The van der Waals surface area contributed by atoms with Gasteiger partial charge in [0, 0.05) is 12.1 Å². The highest BCUT2D eigenvalue weighted by Gasteiger charge is 2.39. The molecule has 0 radical (unpaired) electrons. The van der Waals surface area contributed by atoms with E-state index in [1.54, 1.807) is 18.2 Å². The second kappa shape index (κ2) is 4.94. The van der Waals surface area contributed by atoms with E-state index in [1.165, 1.54) is 12.1 Å². The Bertz CT molecular complexity index is 410. The zero-order valence-electron chi connectivity index (χ0n) is 8.29. The van der Waals surface area contributed by atoms with Crippen LogP contribution in [-0.2, 0) is 0 Å². The number of hydrogen-bond acceptors (Lipinski definition) is 2. The molecule has 0 bridgehead atoms. The van der Waals surface area contributed by atoms with Crippen LogP contribution in [0, 0.1) is 0 Å². The summed E-state index contributed by atoms with van der Waals surface area (Å²) < 4.78 is 36.4. The number of rotatable bonds is 3. The van der Waals surface area contributed by atoms with E-state index in [0.717, 1.165) is 6.07 Å². The number of alkyl halides is 3. The summed E-state index contributed by atoms with van der Waals surface area (Å²) in [4.78, 5) is 10.9. The molecule has 0 atom stereocenters. The number of carbonyl (C=O) groups excluding carboxylic acids is 1. The normalized spacial score (nSPS) is 12.0. The molecule has 0 spiro atoms. The van der Waals surface area contributed by atoms with Crippen molar-refractivity contribution in [1.29, 1.82) is 0 Å². The molecule has 2 N–H and O–H groups in total. The molecule has 0 saturated heterocycles.